The summed E-state index contributed by atoms with van der Waals surface area (Å²) in [6, 6.07) is 1.76. The lowest BCUT2D eigenvalue weighted by molar-refractivity contribution is 0.0957. The molecule has 9 heteroatoms. The number of anilines is 1. The van der Waals surface area contributed by atoms with Gasteiger partial charge in [-0.1, -0.05) is 6.42 Å². The van der Waals surface area contributed by atoms with Gasteiger partial charge in [-0.3, -0.25) is 14.2 Å². The van der Waals surface area contributed by atoms with Gasteiger partial charge in [-0.2, -0.15) is 0 Å². The van der Waals surface area contributed by atoms with Gasteiger partial charge in [-0.05, 0) is 37.8 Å². The van der Waals surface area contributed by atoms with Crippen molar-refractivity contribution in [2.45, 2.75) is 45.6 Å². The molecule has 152 valence electrons. The van der Waals surface area contributed by atoms with Crippen LogP contribution in [-0.4, -0.2) is 38.5 Å². The molecule has 0 spiro atoms. The largest absolute Gasteiger partial charge is 0.354 e. The molecular weight excluding hydrogens is 388 g/mol. The summed E-state index contributed by atoms with van der Waals surface area (Å²) in [4.78, 5) is 39.8. The number of amides is 1. The van der Waals surface area contributed by atoms with Crippen molar-refractivity contribution in [2.24, 2.45) is 0 Å². The van der Waals surface area contributed by atoms with Gasteiger partial charge >= 0.3 is 0 Å². The zero-order valence-electron chi connectivity index (χ0n) is 16.4. The predicted molar refractivity (Wildman–Crippen MR) is 114 cm³/mol. The van der Waals surface area contributed by atoms with Crippen molar-refractivity contribution in [3.8, 4) is 0 Å². The number of aromatic nitrogens is 4. The standard InChI is InChI=1S/C20H24N6O2S/c1-13-15-18(25-14-7-3-2-4-12-26(14)19(15)28)29-16(13)17(27)21-8-5-9-22-20-23-10-6-11-24-20/h6,10-11H,2-5,7-9,12H2,1H3,(H,21,27)(H,22,23,24). The molecule has 3 aromatic heterocycles. The van der Waals surface area contributed by atoms with Crippen LogP contribution in [0.5, 0.6) is 0 Å². The maximum Gasteiger partial charge on any atom is 0.262 e. The molecule has 0 radical (unpaired) electrons. The maximum atomic E-state index is 13.0. The summed E-state index contributed by atoms with van der Waals surface area (Å²) >= 11 is 1.31. The molecule has 0 fully saturated rings. The fourth-order valence-corrected chi connectivity index (χ4v) is 4.69. The number of carbonyl (C=O) groups excluding carboxylic acids is 1. The van der Waals surface area contributed by atoms with Gasteiger partial charge in [0.1, 0.15) is 10.7 Å². The van der Waals surface area contributed by atoms with Crippen molar-refractivity contribution in [3.05, 3.63) is 45.1 Å². The second-order valence-electron chi connectivity index (χ2n) is 7.14. The van der Waals surface area contributed by atoms with Crippen LogP contribution in [0.15, 0.2) is 23.3 Å². The molecule has 1 aliphatic heterocycles. The van der Waals surface area contributed by atoms with Crippen molar-refractivity contribution >= 4 is 33.4 Å². The highest BCUT2D eigenvalue weighted by atomic mass is 32.1. The molecule has 0 atom stereocenters. The molecule has 0 saturated carbocycles. The third kappa shape index (κ3) is 4.14. The lowest BCUT2D eigenvalue weighted by Gasteiger charge is -2.08. The predicted octanol–water partition coefficient (Wildman–Crippen LogP) is 2.51. The van der Waals surface area contributed by atoms with Crippen LogP contribution >= 0.6 is 11.3 Å². The molecule has 8 nitrogen and oxygen atoms in total. The van der Waals surface area contributed by atoms with Crippen molar-refractivity contribution in [2.75, 3.05) is 18.4 Å². The first kappa shape index (κ1) is 19.5. The normalized spacial score (nSPS) is 13.7. The van der Waals surface area contributed by atoms with Gasteiger partial charge in [0.05, 0.1) is 10.3 Å². The van der Waals surface area contributed by atoms with E-state index in [0.717, 1.165) is 43.5 Å². The first-order chi connectivity index (χ1) is 14.1. The number of thiophene rings is 1. The Hall–Kier alpha value is -2.81. The Balaban J connectivity index is 1.43. The van der Waals surface area contributed by atoms with Gasteiger partial charge in [-0.15, -0.1) is 11.3 Å². The van der Waals surface area contributed by atoms with Crippen molar-refractivity contribution in [1.29, 1.82) is 0 Å². The highest BCUT2D eigenvalue weighted by molar-refractivity contribution is 7.20. The van der Waals surface area contributed by atoms with Gasteiger partial charge in [0.25, 0.3) is 11.5 Å². The monoisotopic (exact) mass is 412 g/mol. The van der Waals surface area contributed by atoms with Crippen LogP contribution in [-0.2, 0) is 13.0 Å². The summed E-state index contributed by atoms with van der Waals surface area (Å²) in [5.41, 5.74) is 0.724. The van der Waals surface area contributed by atoms with E-state index < -0.39 is 0 Å². The van der Waals surface area contributed by atoms with Crippen LogP contribution < -0.4 is 16.2 Å². The first-order valence-electron chi connectivity index (χ1n) is 9.97. The molecule has 2 N–H and O–H groups in total. The zero-order valence-corrected chi connectivity index (χ0v) is 17.2. The molecular formula is C20H24N6O2S. The van der Waals surface area contributed by atoms with Gasteiger partial charge in [0.2, 0.25) is 5.95 Å². The summed E-state index contributed by atoms with van der Waals surface area (Å²) in [7, 11) is 0. The van der Waals surface area contributed by atoms with Gasteiger partial charge < -0.3 is 10.6 Å². The van der Waals surface area contributed by atoms with E-state index in [4.69, 9.17) is 4.98 Å². The molecule has 1 amide bonds. The Morgan fingerprint density at radius 1 is 1.21 bits per heavy atom. The van der Waals surface area contributed by atoms with Crippen LogP contribution in [0.25, 0.3) is 10.2 Å². The van der Waals surface area contributed by atoms with Crippen LogP contribution in [0.2, 0.25) is 0 Å². The quantitative estimate of drug-likeness (QED) is 0.603. The van der Waals surface area contributed by atoms with E-state index in [-0.39, 0.29) is 11.5 Å². The van der Waals surface area contributed by atoms with Crippen LogP contribution in [0.1, 0.15) is 46.7 Å². The van der Waals surface area contributed by atoms with E-state index in [1.165, 1.54) is 11.3 Å². The number of hydrogen-bond acceptors (Lipinski definition) is 7. The van der Waals surface area contributed by atoms with Gasteiger partial charge in [-0.25, -0.2) is 15.0 Å². The number of hydrogen-bond donors (Lipinski definition) is 2. The Morgan fingerprint density at radius 2 is 2.03 bits per heavy atom. The van der Waals surface area contributed by atoms with Gasteiger partial charge in [0, 0.05) is 38.4 Å². The summed E-state index contributed by atoms with van der Waals surface area (Å²) in [6.07, 6.45) is 8.09. The highest BCUT2D eigenvalue weighted by Gasteiger charge is 2.22. The Kier molecular flexibility index (Phi) is 5.84. The minimum Gasteiger partial charge on any atom is -0.354 e. The molecule has 4 rings (SSSR count). The van der Waals surface area contributed by atoms with Crippen molar-refractivity contribution in [1.82, 2.24) is 24.8 Å². The number of rotatable bonds is 6. The molecule has 1 aliphatic rings. The number of aryl methyl sites for hydroxylation is 2. The van der Waals surface area contributed by atoms with Crippen LogP contribution in [0, 0.1) is 6.92 Å². The molecule has 0 aromatic carbocycles. The molecule has 3 aromatic rings. The van der Waals surface area contributed by atoms with E-state index in [2.05, 4.69) is 20.6 Å². The second kappa shape index (κ2) is 8.69. The lowest BCUT2D eigenvalue weighted by Crippen LogP contribution is -2.26. The molecule has 0 saturated heterocycles. The Labute approximate surface area is 172 Å². The summed E-state index contributed by atoms with van der Waals surface area (Å²) in [5.74, 6) is 1.27. The summed E-state index contributed by atoms with van der Waals surface area (Å²) in [6.45, 7) is 3.74. The van der Waals surface area contributed by atoms with Gasteiger partial charge in [0.15, 0.2) is 0 Å². The van der Waals surface area contributed by atoms with Crippen LogP contribution in [0.3, 0.4) is 0 Å². The SMILES string of the molecule is Cc1c(C(=O)NCCCNc2ncccn2)sc2nc3n(c(=O)c12)CCCCC3. The van der Waals surface area contributed by atoms with Crippen LogP contribution in [0.4, 0.5) is 5.95 Å². The smallest absolute Gasteiger partial charge is 0.262 e. The topological polar surface area (TPSA) is 102 Å². The first-order valence-corrected chi connectivity index (χ1v) is 10.8. The fraction of sp³-hybridized carbons (Fsp3) is 0.450. The third-order valence-corrected chi connectivity index (χ3v) is 6.29. The average molecular weight is 413 g/mol. The summed E-state index contributed by atoms with van der Waals surface area (Å²) in [5, 5.41) is 6.64. The van der Waals surface area contributed by atoms with E-state index in [1.54, 1.807) is 23.0 Å². The number of carbonyl (C=O) groups is 1. The van der Waals surface area contributed by atoms with Crippen molar-refractivity contribution in [3.63, 3.8) is 0 Å². The average Bonchev–Trinajstić information content (AvgIpc) is 2.89. The maximum absolute atomic E-state index is 13.0. The minimum atomic E-state index is -0.152. The highest BCUT2D eigenvalue weighted by Crippen LogP contribution is 2.28. The Bertz CT molecular complexity index is 1080. The number of nitrogens with zero attached hydrogens (tertiary/aromatic N) is 4. The fourth-order valence-electron chi connectivity index (χ4n) is 3.59. The van der Waals surface area contributed by atoms with E-state index in [0.29, 0.717) is 40.7 Å². The third-order valence-electron chi connectivity index (χ3n) is 5.11. The Morgan fingerprint density at radius 3 is 2.86 bits per heavy atom. The number of nitrogens with one attached hydrogen (secondary N) is 2. The van der Waals surface area contributed by atoms with E-state index in [1.807, 2.05) is 6.92 Å². The molecule has 0 unspecified atom stereocenters. The minimum absolute atomic E-state index is 0.00763. The zero-order chi connectivity index (χ0) is 20.2. The summed E-state index contributed by atoms with van der Waals surface area (Å²) < 4.78 is 1.80. The molecule has 0 aliphatic carbocycles. The van der Waals surface area contributed by atoms with Crippen molar-refractivity contribution < 1.29 is 4.79 Å². The number of fused-ring (bicyclic) bond motifs is 2. The molecule has 0 bridgehead atoms. The van der Waals surface area contributed by atoms with E-state index in [9.17, 15) is 9.59 Å². The second-order valence-corrected chi connectivity index (χ2v) is 8.14. The van der Waals surface area contributed by atoms with E-state index >= 15 is 0 Å². The molecule has 4 heterocycles. The molecule has 29 heavy (non-hydrogen) atoms. The lowest BCUT2D eigenvalue weighted by atomic mass is 10.2.